The molecule has 0 saturated carbocycles. The van der Waals surface area contributed by atoms with Gasteiger partial charge in [0.05, 0.1) is 19.8 Å². The molecule has 0 radical (unpaired) electrons. The largest absolute Gasteiger partial charge is 0.497 e. The van der Waals surface area contributed by atoms with Crippen molar-refractivity contribution in [2.24, 2.45) is 0 Å². The van der Waals surface area contributed by atoms with E-state index >= 15 is 0 Å². The molecule has 4 nitrogen and oxygen atoms in total. The van der Waals surface area contributed by atoms with Crippen LogP contribution >= 0.6 is 0 Å². The first-order valence-electron chi connectivity index (χ1n) is 4.92. The maximum absolute atomic E-state index is 9.04. The SMILES string of the molecule is COc1cccc(NC(CO)CCO)c1. The third kappa shape index (κ3) is 3.77. The number of nitrogens with one attached hydrogen (secondary N) is 1. The van der Waals surface area contributed by atoms with Crippen molar-refractivity contribution in [1.29, 1.82) is 0 Å². The lowest BCUT2D eigenvalue weighted by atomic mass is 10.2. The molecule has 0 saturated heterocycles. The van der Waals surface area contributed by atoms with E-state index in [4.69, 9.17) is 14.9 Å². The van der Waals surface area contributed by atoms with Crippen LogP contribution in [-0.4, -0.2) is 36.6 Å². The van der Waals surface area contributed by atoms with Crippen molar-refractivity contribution >= 4 is 5.69 Å². The molecule has 3 N–H and O–H groups in total. The molecule has 0 aliphatic rings. The molecule has 1 aromatic carbocycles. The summed E-state index contributed by atoms with van der Waals surface area (Å²) < 4.78 is 5.08. The molecular formula is C11H17NO3. The van der Waals surface area contributed by atoms with Gasteiger partial charge in [0.2, 0.25) is 0 Å². The molecule has 84 valence electrons. The first-order valence-corrected chi connectivity index (χ1v) is 4.92. The summed E-state index contributed by atoms with van der Waals surface area (Å²) in [4.78, 5) is 0. The van der Waals surface area contributed by atoms with Gasteiger partial charge in [-0.15, -0.1) is 0 Å². The number of aliphatic hydroxyl groups excluding tert-OH is 2. The van der Waals surface area contributed by atoms with Gasteiger partial charge in [-0.25, -0.2) is 0 Å². The Bertz CT molecular complexity index is 291. The summed E-state index contributed by atoms with van der Waals surface area (Å²) in [7, 11) is 1.61. The highest BCUT2D eigenvalue weighted by Crippen LogP contribution is 2.17. The minimum Gasteiger partial charge on any atom is -0.497 e. The predicted molar refractivity (Wildman–Crippen MR) is 59.2 cm³/mol. The molecule has 0 aromatic heterocycles. The van der Waals surface area contributed by atoms with E-state index in [1.807, 2.05) is 24.3 Å². The van der Waals surface area contributed by atoms with Crippen LogP contribution in [0.4, 0.5) is 5.69 Å². The monoisotopic (exact) mass is 211 g/mol. The van der Waals surface area contributed by atoms with Gasteiger partial charge in [0.15, 0.2) is 0 Å². The Kier molecular flexibility index (Phi) is 4.93. The van der Waals surface area contributed by atoms with Crippen molar-refractivity contribution in [3.63, 3.8) is 0 Å². The Balaban J connectivity index is 2.61. The van der Waals surface area contributed by atoms with Gasteiger partial charge >= 0.3 is 0 Å². The molecule has 1 aromatic rings. The van der Waals surface area contributed by atoms with Gasteiger partial charge < -0.3 is 20.3 Å². The quantitative estimate of drug-likeness (QED) is 0.653. The summed E-state index contributed by atoms with van der Waals surface area (Å²) in [6, 6.07) is 7.34. The van der Waals surface area contributed by atoms with Gasteiger partial charge in [0.1, 0.15) is 5.75 Å². The van der Waals surface area contributed by atoms with Crippen LogP contribution in [0.5, 0.6) is 5.75 Å². The van der Waals surface area contributed by atoms with Crippen molar-refractivity contribution in [3.8, 4) is 5.75 Å². The lowest BCUT2D eigenvalue weighted by Gasteiger charge is -2.16. The van der Waals surface area contributed by atoms with Crippen molar-refractivity contribution in [1.82, 2.24) is 0 Å². The molecular weight excluding hydrogens is 194 g/mol. The number of benzene rings is 1. The van der Waals surface area contributed by atoms with Crippen molar-refractivity contribution < 1.29 is 14.9 Å². The summed E-state index contributed by atoms with van der Waals surface area (Å²) in [6.45, 7) is 0.0555. The van der Waals surface area contributed by atoms with Crippen LogP contribution in [-0.2, 0) is 0 Å². The fourth-order valence-electron chi connectivity index (χ4n) is 1.31. The number of ether oxygens (including phenoxy) is 1. The molecule has 1 unspecified atom stereocenters. The molecule has 15 heavy (non-hydrogen) atoms. The van der Waals surface area contributed by atoms with E-state index in [0.717, 1.165) is 11.4 Å². The minimum absolute atomic E-state index is 0.00221. The fraction of sp³-hybridized carbons (Fsp3) is 0.455. The average molecular weight is 211 g/mol. The van der Waals surface area contributed by atoms with E-state index in [9.17, 15) is 0 Å². The lowest BCUT2D eigenvalue weighted by molar-refractivity contribution is 0.229. The molecule has 1 rings (SSSR count). The molecule has 0 spiro atoms. The lowest BCUT2D eigenvalue weighted by Crippen LogP contribution is -2.24. The van der Waals surface area contributed by atoms with Crippen LogP contribution in [0.1, 0.15) is 6.42 Å². The van der Waals surface area contributed by atoms with Crippen LogP contribution in [0.25, 0.3) is 0 Å². The second kappa shape index (κ2) is 6.27. The predicted octanol–water partition coefficient (Wildman–Crippen LogP) is 0.850. The first kappa shape index (κ1) is 11.8. The second-order valence-corrected chi connectivity index (χ2v) is 3.27. The van der Waals surface area contributed by atoms with E-state index in [0.29, 0.717) is 6.42 Å². The third-order valence-corrected chi connectivity index (χ3v) is 2.14. The van der Waals surface area contributed by atoms with E-state index in [2.05, 4.69) is 5.32 Å². The number of anilines is 1. The molecule has 0 amide bonds. The first-order chi connectivity index (χ1) is 7.30. The number of hydrogen-bond acceptors (Lipinski definition) is 4. The Morgan fingerprint density at radius 3 is 2.80 bits per heavy atom. The Labute approximate surface area is 89.5 Å². The second-order valence-electron chi connectivity index (χ2n) is 3.27. The molecule has 0 aliphatic carbocycles. The number of aliphatic hydroxyl groups is 2. The zero-order chi connectivity index (χ0) is 11.1. The number of rotatable bonds is 6. The highest BCUT2D eigenvalue weighted by Gasteiger charge is 2.06. The Morgan fingerprint density at radius 1 is 1.40 bits per heavy atom. The topological polar surface area (TPSA) is 61.7 Å². The summed E-state index contributed by atoms with van der Waals surface area (Å²) in [5.74, 6) is 0.765. The van der Waals surface area contributed by atoms with Gasteiger partial charge in [-0.1, -0.05) is 6.07 Å². The standard InChI is InChI=1S/C11H17NO3/c1-15-11-4-2-3-9(7-11)12-10(8-14)5-6-13/h2-4,7,10,12-14H,5-6,8H2,1H3. The van der Waals surface area contributed by atoms with Crippen LogP contribution in [0, 0.1) is 0 Å². The van der Waals surface area contributed by atoms with Crippen molar-refractivity contribution in [2.45, 2.75) is 12.5 Å². The van der Waals surface area contributed by atoms with Crippen LogP contribution in [0.15, 0.2) is 24.3 Å². The number of methoxy groups -OCH3 is 1. The normalized spacial score (nSPS) is 12.2. The zero-order valence-electron chi connectivity index (χ0n) is 8.81. The van der Waals surface area contributed by atoms with E-state index < -0.39 is 0 Å². The fourth-order valence-corrected chi connectivity index (χ4v) is 1.31. The molecule has 0 heterocycles. The van der Waals surface area contributed by atoms with Gasteiger partial charge in [-0.05, 0) is 18.6 Å². The van der Waals surface area contributed by atoms with Gasteiger partial charge in [-0.2, -0.15) is 0 Å². The zero-order valence-corrected chi connectivity index (χ0v) is 8.81. The van der Waals surface area contributed by atoms with Crippen molar-refractivity contribution in [2.75, 3.05) is 25.6 Å². The van der Waals surface area contributed by atoms with Gasteiger partial charge in [0, 0.05) is 18.4 Å². The molecule has 0 fully saturated rings. The Hall–Kier alpha value is -1.26. The molecule has 0 aliphatic heterocycles. The van der Waals surface area contributed by atoms with Crippen LogP contribution in [0.2, 0.25) is 0 Å². The van der Waals surface area contributed by atoms with Gasteiger partial charge in [-0.3, -0.25) is 0 Å². The number of hydrogen-bond donors (Lipinski definition) is 3. The van der Waals surface area contributed by atoms with Gasteiger partial charge in [0.25, 0.3) is 0 Å². The molecule has 0 bridgehead atoms. The van der Waals surface area contributed by atoms with E-state index in [1.165, 1.54) is 0 Å². The summed E-state index contributed by atoms with van der Waals surface area (Å²) in [5, 5.41) is 20.9. The van der Waals surface area contributed by atoms with Crippen molar-refractivity contribution in [3.05, 3.63) is 24.3 Å². The summed E-state index contributed by atoms with van der Waals surface area (Å²) in [5.41, 5.74) is 0.877. The van der Waals surface area contributed by atoms with Crippen LogP contribution < -0.4 is 10.1 Å². The summed E-state index contributed by atoms with van der Waals surface area (Å²) in [6.07, 6.45) is 0.522. The smallest absolute Gasteiger partial charge is 0.120 e. The van der Waals surface area contributed by atoms with Crippen LogP contribution in [0.3, 0.4) is 0 Å². The van der Waals surface area contributed by atoms with E-state index in [-0.39, 0.29) is 19.3 Å². The van der Waals surface area contributed by atoms with E-state index in [1.54, 1.807) is 7.11 Å². The Morgan fingerprint density at radius 2 is 2.20 bits per heavy atom. The highest BCUT2D eigenvalue weighted by atomic mass is 16.5. The highest BCUT2D eigenvalue weighted by molar-refractivity contribution is 5.48. The summed E-state index contributed by atoms with van der Waals surface area (Å²) >= 11 is 0. The maximum atomic E-state index is 9.04. The average Bonchev–Trinajstić information content (AvgIpc) is 2.29. The molecule has 4 heteroatoms. The maximum Gasteiger partial charge on any atom is 0.120 e. The minimum atomic E-state index is -0.123. The molecule has 1 atom stereocenters. The third-order valence-electron chi connectivity index (χ3n) is 2.14.